The van der Waals surface area contributed by atoms with Gasteiger partial charge in [0.1, 0.15) is 11.6 Å². The Morgan fingerprint density at radius 2 is 2.27 bits per heavy atom. The highest BCUT2D eigenvalue weighted by Gasteiger charge is 2.07. The van der Waals surface area contributed by atoms with Crippen LogP contribution < -0.4 is 5.32 Å². The van der Waals surface area contributed by atoms with Crippen LogP contribution in [0.5, 0.6) is 0 Å². The lowest BCUT2D eigenvalue weighted by atomic mass is 10.5. The van der Waals surface area contributed by atoms with E-state index in [2.05, 4.69) is 15.5 Å². The van der Waals surface area contributed by atoms with Crippen LogP contribution in [-0.4, -0.2) is 28.8 Å². The molecule has 0 bridgehead atoms. The Morgan fingerprint density at radius 1 is 1.53 bits per heavy atom. The second kappa shape index (κ2) is 5.77. The molecule has 5 nitrogen and oxygen atoms in total. The van der Waals surface area contributed by atoms with Crippen LogP contribution in [0.25, 0.3) is 0 Å². The predicted octanol–water partition coefficient (Wildman–Crippen LogP) is 1.46. The van der Waals surface area contributed by atoms with Gasteiger partial charge in [-0.2, -0.15) is 0 Å². The Hall–Kier alpha value is -1.01. The van der Waals surface area contributed by atoms with Crippen molar-refractivity contribution in [3.8, 4) is 0 Å². The van der Waals surface area contributed by atoms with Gasteiger partial charge in [-0.15, -0.1) is 10.2 Å². The van der Waals surface area contributed by atoms with Gasteiger partial charge in [0.05, 0.1) is 6.10 Å². The number of rotatable bonds is 5. The lowest BCUT2D eigenvalue weighted by molar-refractivity contribution is -0.121. The predicted molar refractivity (Wildman–Crippen MR) is 59.0 cm³/mol. The molecule has 0 atom stereocenters. The SMILES string of the molecule is CCc1nnc(NC(=O)COC(C)C)s1. The van der Waals surface area contributed by atoms with E-state index in [4.69, 9.17) is 4.74 Å². The maximum absolute atomic E-state index is 11.3. The molecular formula is C9H15N3O2S. The zero-order valence-electron chi connectivity index (χ0n) is 9.11. The molecule has 0 aliphatic carbocycles. The van der Waals surface area contributed by atoms with Crippen molar-refractivity contribution in [1.29, 1.82) is 0 Å². The molecule has 1 aromatic heterocycles. The number of nitrogens with zero attached hydrogens (tertiary/aromatic N) is 2. The van der Waals surface area contributed by atoms with Crippen molar-refractivity contribution in [3.05, 3.63) is 5.01 Å². The van der Waals surface area contributed by atoms with E-state index in [0.29, 0.717) is 5.13 Å². The zero-order chi connectivity index (χ0) is 11.3. The number of aryl methyl sites for hydroxylation is 1. The lowest BCUT2D eigenvalue weighted by Gasteiger charge is -2.05. The number of anilines is 1. The summed E-state index contributed by atoms with van der Waals surface area (Å²) in [5.74, 6) is -0.192. The molecule has 15 heavy (non-hydrogen) atoms. The van der Waals surface area contributed by atoms with Crippen LogP contribution in [0.2, 0.25) is 0 Å². The zero-order valence-corrected chi connectivity index (χ0v) is 9.93. The molecule has 1 rings (SSSR count). The summed E-state index contributed by atoms with van der Waals surface area (Å²) < 4.78 is 5.15. The molecule has 0 aliphatic heterocycles. The molecule has 1 heterocycles. The Kier molecular flexibility index (Phi) is 4.64. The summed E-state index contributed by atoms with van der Waals surface area (Å²) in [6.07, 6.45) is 0.882. The van der Waals surface area contributed by atoms with Gasteiger partial charge in [-0.3, -0.25) is 10.1 Å². The summed E-state index contributed by atoms with van der Waals surface area (Å²) in [7, 11) is 0. The van der Waals surface area contributed by atoms with E-state index in [1.807, 2.05) is 20.8 Å². The van der Waals surface area contributed by atoms with Crippen LogP contribution in [0.3, 0.4) is 0 Å². The molecule has 0 radical (unpaired) electrons. The van der Waals surface area contributed by atoms with Gasteiger partial charge in [-0.25, -0.2) is 0 Å². The summed E-state index contributed by atoms with van der Waals surface area (Å²) in [5.41, 5.74) is 0. The first kappa shape index (κ1) is 12.1. The molecule has 0 saturated carbocycles. The van der Waals surface area contributed by atoms with E-state index in [-0.39, 0.29) is 18.6 Å². The Labute approximate surface area is 92.9 Å². The second-order valence-corrected chi connectivity index (χ2v) is 4.32. The second-order valence-electron chi connectivity index (χ2n) is 3.26. The van der Waals surface area contributed by atoms with Crippen LogP contribution >= 0.6 is 11.3 Å². The van der Waals surface area contributed by atoms with Crippen molar-refractivity contribution in [2.75, 3.05) is 11.9 Å². The Balaban J connectivity index is 2.37. The van der Waals surface area contributed by atoms with Crippen molar-refractivity contribution in [2.45, 2.75) is 33.3 Å². The molecule has 6 heteroatoms. The third kappa shape index (κ3) is 4.35. The average Bonchev–Trinajstić information content (AvgIpc) is 2.62. The minimum atomic E-state index is -0.192. The van der Waals surface area contributed by atoms with Gasteiger partial charge in [0.25, 0.3) is 5.91 Å². The van der Waals surface area contributed by atoms with Crippen LogP contribution in [-0.2, 0) is 16.0 Å². The summed E-state index contributed by atoms with van der Waals surface area (Å²) in [6, 6.07) is 0. The normalized spacial score (nSPS) is 10.7. The minimum absolute atomic E-state index is 0.0522. The number of hydrogen-bond acceptors (Lipinski definition) is 5. The standard InChI is InChI=1S/C9H15N3O2S/c1-4-8-11-12-9(15-8)10-7(13)5-14-6(2)3/h6H,4-5H2,1-3H3,(H,10,12,13). The number of nitrogens with one attached hydrogen (secondary N) is 1. The van der Waals surface area contributed by atoms with Crippen molar-refractivity contribution in [3.63, 3.8) is 0 Å². The summed E-state index contributed by atoms with van der Waals surface area (Å²) in [5, 5.41) is 11.8. The number of amides is 1. The topological polar surface area (TPSA) is 64.1 Å². The van der Waals surface area contributed by atoms with Gasteiger partial charge < -0.3 is 4.74 Å². The van der Waals surface area contributed by atoms with Crippen molar-refractivity contribution < 1.29 is 9.53 Å². The van der Waals surface area contributed by atoms with E-state index in [1.165, 1.54) is 11.3 Å². The fourth-order valence-electron chi connectivity index (χ4n) is 0.845. The van der Waals surface area contributed by atoms with Crippen LogP contribution in [0.4, 0.5) is 5.13 Å². The van der Waals surface area contributed by atoms with Gasteiger partial charge in [-0.1, -0.05) is 18.3 Å². The maximum atomic E-state index is 11.3. The molecule has 0 aromatic carbocycles. The molecule has 1 amide bonds. The Morgan fingerprint density at radius 3 is 2.80 bits per heavy atom. The first-order valence-electron chi connectivity index (χ1n) is 4.85. The highest BCUT2D eigenvalue weighted by atomic mass is 32.1. The summed E-state index contributed by atoms with van der Waals surface area (Å²) in [6.45, 7) is 5.81. The van der Waals surface area contributed by atoms with Gasteiger partial charge in [0.2, 0.25) is 5.13 Å². The molecule has 0 saturated heterocycles. The van der Waals surface area contributed by atoms with Crippen LogP contribution in [0.15, 0.2) is 0 Å². The van der Waals surface area contributed by atoms with Crippen molar-refractivity contribution in [2.24, 2.45) is 0 Å². The average molecular weight is 229 g/mol. The van der Waals surface area contributed by atoms with Crippen LogP contribution in [0.1, 0.15) is 25.8 Å². The summed E-state index contributed by atoms with van der Waals surface area (Å²) in [4.78, 5) is 11.3. The third-order valence-corrected chi connectivity index (χ3v) is 2.55. The smallest absolute Gasteiger partial charge is 0.252 e. The molecule has 0 spiro atoms. The molecule has 0 unspecified atom stereocenters. The van der Waals surface area contributed by atoms with E-state index >= 15 is 0 Å². The molecule has 1 N–H and O–H groups in total. The van der Waals surface area contributed by atoms with Gasteiger partial charge >= 0.3 is 0 Å². The van der Waals surface area contributed by atoms with Gasteiger partial charge in [0.15, 0.2) is 0 Å². The monoisotopic (exact) mass is 229 g/mol. The van der Waals surface area contributed by atoms with Crippen molar-refractivity contribution in [1.82, 2.24) is 10.2 Å². The van der Waals surface area contributed by atoms with Crippen molar-refractivity contribution >= 4 is 22.4 Å². The Bertz CT molecular complexity index is 325. The molecule has 0 fully saturated rings. The first-order chi connectivity index (χ1) is 7.11. The third-order valence-electron chi connectivity index (χ3n) is 1.56. The number of aromatic nitrogens is 2. The summed E-state index contributed by atoms with van der Waals surface area (Å²) >= 11 is 1.39. The number of hydrogen-bond donors (Lipinski definition) is 1. The van der Waals surface area contributed by atoms with Gasteiger partial charge in [0, 0.05) is 0 Å². The molecule has 84 valence electrons. The number of ether oxygens (including phenoxy) is 1. The highest BCUT2D eigenvalue weighted by molar-refractivity contribution is 7.15. The van der Waals surface area contributed by atoms with E-state index in [1.54, 1.807) is 0 Å². The largest absolute Gasteiger partial charge is 0.369 e. The minimum Gasteiger partial charge on any atom is -0.369 e. The molecule has 1 aromatic rings. The van der Waals surface area contributed by atoms with Crippen LogP contribution in [0, 0.1) is 0 Å². The maximum Gasteiger partial charge on any atom is 0.252 e. The quantitative estimate of drug-likeness (QED) is 0.830. The van der Waals surface area contributed by atoms with E-state index in [9.17, 15) is 4.79 Å². The fraction of sp³-hybridized carbons (Fsp3) is 0.667. The molecule has 0 aliphatic rings. The molecular weight excluding hydrogens is 214 g/mol. The fourth-order valence-corrected chi connectivity index (χ4v) is 1.54. The van der Waals surface area contributed by atoms with Gasteiger partial charge in [-0.05, 0) is 20.3 Å². The first-order valence-corrected chi connectivity index (χ1v) is 5.67. The number of carbonyl (C=O) groups is 1. The van der Waals surface area contributed by atoms with E-state index < -0.39 is 0 Å². The number of carbonyl (C=O) groups excluding carboxylic acids is 1. The van der Waals surface area contributed by atoms with E-state index in [0.717, 1.165) is 11.4 Å². The highest BCUT2D eigenvalue weighted by Crippen LogP contribution is 2.14. The lowest BCUT2D eigenvalue weighted by Crippen LogP contribution is -2.20.